The minimum Gasteiger partial charge on any atom is -0.478 e. The molecule has 2 aromatic heterocycles. The summed E-state index contributed by atoms with van der Waals surface area (Å²) in [6.45, 7) is -1.34. The molecule has 2 heterocycles. The van der Waals surface area contributed by atoms with Gasteiger partial charge in [-0.3, -0.25) is 14.6 Å². The number of carbonyl (C=O) groups excluding carboxylic acids is 2. The molecule has 0 spiro atoms. The smallest absolute Gasteiger partial charge is 0.408 e. The fourth-order valence-corrected chi connectivity index (χ4v) is 3.20. The highest BCUT2D eigenvalue weighted by atomic mass is 19.4. The van der Waals surface area contributed by atoms with Crippen molar-refractivity contribution >= 4 is 11.8 Å². The highest BCUT2D eigenvalue weighted by molar-refractivity contribution is 5.86. The SMILES string of the molecule is NC(=O)[C@H](Cc1ccccc1)NC(=O)CCCOc1cc(-c2cccnc2)nn1CC(F)(F)F. The molecule has 34 heavy (non-hydrogen) atoms. The molecule has 0 saturated carbocycles. The predicted octanol–water partition coefficient (Wildman–Crippen LogP) is 2.88. The highest BCUT2D eigenvalue weighted by Crippen LogP contribution is 2.26. The van der Waals surface area contributed by atoms with Crippen molar-refractivity contribution in [2.45, 2.75) is 38.0 Å². The summed E-state index contributed by atoms with van der Waals surface area (Å²) in [5.41, 5.74) is 7.07. The summed E-state index contributed by atoms with van der Waals surface area (Å²) in [7, 11) is 0. The Morgan fingerprint density at radius 3 is 2.56 bits per heavy atom. The normalized spacial score (nSPS) is 12.2. The first-order valence-corrected chi connectivity index (χ1v) is 10.5. The van der Waals surface area contributed by atoms with E-state index in [1.54, 1.807) is 18.3 Å². The van der Waals surface area contributed by atoms with Crippen LogP contribution >= 0.6 is 0 Å². The van der Waals surface area contributed by atoms with Crippen molar-refractivity contribution < 1.29 is 27.5 Å². The first-order chi connectivity index (χ1) is 16.2. The van der Waals surface area contributed by atoms with Crippen molar-refractivity contribution in [2.24, 2.45) is 5.73 Å². The summed E-state index contributed by atoms with van der Waals surface area (Å²) in [6, 6.07) is 12.9. The number of ether oxygens (including phenoxy) is 1. The second-order valence-electron chi connectivity index (χ2n) is 7.55. The third kappa shape index (κ3) is 7.61. The van der Waals surface area contributed by atoms with Crippen LogP contribution in [0.1, 0.15) is 18.4 Å². The number of hydrogen-bond donors (Lipinski definition) is 2. The molecule has 1 aromatic carbocycles. The van der Waals surface area contributed by atoms with E-state index < -0.39 is 30.6 Å². The monoisotopic (exact) mass is 475 g/mol. The van der Waals surface area contributed by atoms with Crippen LogP contribution in [0.5, 0.6) is 5.88 Å². The number of benzene rings is 1. The minimum atomic E-state index is -4.49. The lowest BCUT2D eigenvalue weighted by atomic mass is 10.1. The summed E-state index contributed by atoms with van der Waals surface area (Å²) in [5.74, 6) is -1.15. The number of amides is 2. The van der Waals surface area contributed by atoms with Crippen molar-refractivity contribution in [1.29, 1.82) is 0 Å². The van der Waals surface area contributed by atoms with Crippen molar-refractivity contribution in [3.05, 3.63) is 66.5 Å². The van der Waals surface area contributed by atoms with Crippen LogP contribution in [0.4, 0.5) is 13.2 Å². The van der Waals surface area contributed by atoms with Crippen molar-refractivity contribution in [3.63, 3.8) is 0 Å². The fourth-order valence-electron chi connectivity index (χ4n) is 3.20. The van der Waals surface area contributed by atoms with Gasteiger partial charge in [0.25, 0.3) is 0 Å². The van der Waals surface area contributed by atoms with Gasteiger partial charge in [-0.25, -0.2) is 4.68 Å². The molecule has 0 radical (unpaired) electrons. The molecule has 0 bridgehead atoms. The van der Waals surface area contributed by atoms with Crippen LogP contribution in [-0.2, 0) is 22.6 Å². The Bertz CT molecular complexity index is 1090. The van der Waals surface area contributed by atoms with Crippen LogP contribution in [0, 0.1) is 0 Å². The lowest BCUT2D eigenvalue weighted by Crippen LogP contribution is -2.45. The number of aromatic nitrogens is 3. The minimum absolute atomic E-state index is 0.00143. The second-order valence-corrected chi connectivity index (χ2v) is 7.55. The Morgan fingerprint density at radius 1 is 1.15 bits per heavy atom. The van der Waals surface area contributed by atoms with E-state index in [-0.39, 0.29) is 37.4 Å². The number of pyridine rings is 1. The van der Waals surface area contributed by atoms with Gasteiger partial charge < -0.3 is 15.8 Å². The van der Waals surface area contributed by atoms with Gasteiger partial charge in [0.15, 0.2) is 0 Å². The maximum atomic E-state index is 13.0. The van der Waals surface area contributed by atoms with Crippen LogP contribution in [0.25, 0.3) is 11.3 Å². The van der Waals surface area contributed by atoms with Crippen LogP contribution in [0.15, 0.2) is 60.9 Å². The standard InChI is InChI=1S/C23H24F3N5O3/c24-23(25,26)15-31-21(13-18(30-31)17-8-4-10-28-14-17)34-11-5-9-20(32)29-19(22(27)33)12-16-6-2-1-3-7-16/h1-4,6-8,10,13-14,19H,5,9,11-12,15H2,(H2,27,33)(H,29,32)/t19-/m0/s1. The Balaban J connectivity index is 1.55. The molecular weight excluding hydrogens is 451 g/mol. The van der Waals surface area contributed by atoms with Gasteiger partial charge >= 0.3 is 6.18 Å². The van der Waals surface area contributed by atoms with E-state index in [4.69, 9.17) is 10.5 Å². The number of carbonyl (C=O) groups is 2. The highest BCUT2D eigenvalue weighted by Gasteiger charge is 2.30. The number of rotatable bonds is 11. The van der Waals surface area contributed by atoms with Gasteiger partial charge in [-0.2, -0.15) is 18.3 Å². The van der Waals surface area contributed by atoms with E-state index in [9.17, 15) is 22.8 Å². The Hall–Kier alpha value is -3.89. The summed E-state index contributed by atoms with van der Waals surface area (Å²) in [6.07, 6.45) is -0.991. The zero-order valence-corrected chi connectivity index (χ0v) is 18.2. The summed E-state index contributed by atoms with van der Waals surface area (Å²) in [4.78, 5) is 27.9. The molecule has 3 rings (SSSR count). The molecule has 0 aliphatic carbocycles. The number of alkyl halides is 3. The summed E-state index contributed by atoms with van der Waals surface area (Å²) < 4.78 is 45.1. The molecule has 0 saturated heterocycles. The van der Waals surface area contributed by atoms with Gasteiger partial charge in [-0.1, -0.05) is 30.3 Å². The molecule has 3 N–H and O–H groups in total. The average Bonchev–Trinajstić information content (AvgIpc) is 3.18. The van der Waals surface area contributed by atoms with Crippen LogP contribution in [0.3, 0.4) is 0 Å². The molecule has 180 valence electrons. The van der Waals surface area contributed by atoms with Crippen molar-refractivity contribution in [1.82, 2.24) is 20.1 Å². The molecule has 0 aliphatic rings. The molecule has 2 amide bonds. The lowest BCUT2D eigenvalue weighted by Gasteiger charge is -2.16. The van der Waals surface area contributed by atoms with Gasteiger partial charge in [0, 0.05) is 36.9 Å². The zero-order chi connectivity index (χ0) is 24.6. The number of primary amides is 1. The van der Waals surface area contributed by atoms with Crippen molar-refractivity contribution in [3.8, 4) is 17.1 Å². The number of hydrogen-bond acceptors (Lipinski definition) is 5. The topological polar surface area (TPSA) is 112 Å². The van der Waals surface area contributed by atoms with E-state index >= 15 is 0 Å². The maximum absolute atomic E-state index is 13.0. The van der Waals surface area contributed by atoms with Crippen LogP contribution in [-0.4, -0.2) is 45.4 Å². The van der Waals surface area contributed by atoms with Gasteiger partial charge in [0.1, 0.15) is 12.6 Å². The van der Waals surface area contributed by atoms with Gasteiger partial charge in [0.2, 0.25) is 17.7 Å². The average molecular weight is 475 g/mol. The van der Waals surface area contributed by atoms with E-state index in [0.29, 0.717) is 5.56 Å². The van der Waals surface area contributed by atoms with Gasteiger partial charge in [-0.15, -0.1) is 0 Å². The Kier molecular flexibility index (Phi) is 8.23. The quantitative estimate of drug-likeness (QED) is 0.414. The zero-order valence-electron chi connectivity index (χ0n) is 18.2. The molecule has 3 aromatic rings. The molecule has 1 atom stereocenters. The number of halogens is 3. The van der Waals surface area contributed by atoms with E-state index in [1.165, 1.54) is 12.3 Å². The molecule has 8 nitrogen and oxygen atoms in total. The first-order valence-electron chi connectivity index (χ1n) is 10.5. The Labute approximate surface area is 193 Å². The molecule has 0 aliphatic heterocycles. The maximum Gasteiger partial charge on any atom is 0.408 e. The molecule has 0 fully saturated rings. The largest absolute Gasteiger partial charge is 0.478 e. The van der Waals surface area contributed by atoms with E-state index in [0.717, 1.165) is 10.2 Å². The van der Waals surface area contributed by atoms with E-state index in [2.05, 4.69) is 15.4 Å². The third-order valence-corrected chi connectivity index (χ3v) is 4.79. The second kappa shape index (κ2) is 11.3. The fraction of sp³-hybridized carbons (Fsp3) is 0.304. The van der Waals surface area contributed by atoms with Crippen molar-refractivity contribution in [2.75, 3.05) is 6.61 Å². The Morgan fingerprint density at radius 2 is 1.91 bits per heavy atom. The molecular formula is C23H24F3N5O3. The van der Waals surface area contributed by atoms with Gasteiger partial charge in [0.05, 0.1) is 12.3 Å². The predicted molar refractivity (Wildman–Crippen MR) is 118 cm³/mol. The van der Waals surface area contributed by atoms with Gasteiger partial charge in [-0.05, 0) is 24.1 Å². The van der Waals surface area contributed by atoms with E-state index in [1.807, 2.05) is 30.3 Å². The molecule has 11 heteroatoms. The number of nitrogens with zero attached hydrogens (tertiary/aromatic N) is 3. The molecule has 0 unspecified atom stereocenters. The first kappa shape index (κ1) is 24.7. The summed E-state index contributed by atoms with van der Waals surface area (Å²) >= 11 is 0. The summed E-state index contributed by atoms with van der Waals surface area (Å²) in [5, 5.41) is 6.57. The van der Waals surface area contributed by atoms with Crippen LogP contribution in [0.2, 0.25) is 0 Å². The number of nitrogens with two attached hydrogens (primary N) is 1. The third-order valence-electron chi connectivity index (χ3n) is 4.79. The number of nitrogens with one attached hydrogen (secondary N) is 1. The van der Waals surface area contributed by atoms with Crippen LogP contribution < -0.4 is 15.8 Å². The lowest BCUT2D eigenvalue weighted by molar-refractivity contribution is -0.143.